The van der Waals surface area contributed by atoms with Gasteiger partial charge in [-0.2, -0.15) is 0 Å². The standard InChI is InChI=1S/C18H17Cl2N3O2S/c1-25-10-9-23-15-8-3-2-7-14(15)21-18(23)26-11-16(24)22-17-12(19)5-4-6-13(17)20/h2-8H,9-11H2,1H3,(H,22,24). The lowest BCUT2D eigenvalue weighted by Gasteiger charge is -2.10. The van der Waals surface area contributed by atoms with Crippen LogP contribution in [0.5, 0.6) is 0 Å². The van der Waals surface area contributed by atoms with Gasteiger partial charge in [-0.3, -0.25) is 4.79 Å². The van der Waals surface area contributed by atoms with Gasteiger partial charge in [0.2, 0.25) is 5.91 Å². The maximum absolute atomic E-state index is 12.3. The van der Waals surface area contributed by atoms with E-state index >= 15 is 0 Å². The Morgan fingerprint density at radius 1 is 1.19 bits per heavy atom. The number of carbonyl (C=O) groups is 1. The van der Waals surface area contributed by atoms with Crippen LogP contribution in [-0.4, -0.2) is 34.9 Å². The number of rotatable bonds is 7. The average Bonchev–Trinajstić information content (AvgIpc) is 2.99. The van der Waals surface area contributed by atoms with Gasteiger partial charge in [-0.15, -0.1) is 0 Å². The summed E-state index contributed by atoms with van der Waals surface area (Å²) in [7, 11) is 1.66. The SMILES string of the molecule is COCCn1c(SCC(=O)Nc2c(Cl)cccc2Cl)nc2ccccc21. The zero-order valence-electron chi connectivity index (χ0n) is 14.0. The summed E-state index contributed by atoms with van der Waals surface area (Å²) in [5.74, 6) is -0.00643. The van der Waals surface area contributed by atoms with Crippen molar-refractivity contribution in [3.63, 3.8) is 0 Å². The Bertz CT molecular complexity index is 910. The van der Waals surface area contributed by atoms with E-state index in [1.165, 1.54) is 11.8 Å². The number of hydrogen-bond acceptors (Lipinski definition) is 4. The highest BCUT2D eigenvalue weighted by molar-refractivity contribution is 7.99. The summed E-state index contributed by atoms with van der Waals surface area (Å²) in [6.07, 6.45) is 0. The molecule has 0 aliphatic rings. The highest BCUT2D eigenvalue weighted by Crippen LogP contribution is 2.30. The van der Waals surface area contributed by atoms with Crippen molar-refractivity contribution in [2.45, 2.75) is 11.7 Å². The number of thioether (sulfide) groups is 1. The molecule has 8 heteroatoms. The van der Waals surface area contributed by atoms with Crippen LogP contribution >= 0.6 is 35.0 Å². The predicted molar refractivity (Wildman–Crippen MR) is 107 cm³/mol. The van der Waals surface area contributed by atoms with E-state index in [1.807, 2.05) is 24.3 Å². The number of benzene rings is 2. The van der Waals surface area contributed by atoms with Crippen molar-refractivity contribution < 1.29 is 9.53 Å². The molecule has 1 heterocycles. The number of anilines is 1. The summed E-state index contributed by atoms with van der Waals surface area (Å²) in [5, 5.41) is 4.34. The van der Waals surface area contributed by atoms with E-state index in [9.17, 15) is 4.79 Å². The Kier molecular flexibility index (Phi) is 6.43. The number of para-hydroxylation sites is 3. The predicted octanol–water partition coefficient (Wildman–Crippen LogP) is 4.72. The minimum Gasteiger partial charge on any atom is -0.383 e. The number of methoxy groups -OCH3 is 1. The Labute approximate surface area is 165 Å². The van der Waals surface area contributed by atoms with Crippen molar-refractivity contribution in [2.24, 2.45) is 0 Å². The van der Waals surface area contributed by atoms with E-state index < -0.39 is 0 Å². The van der Waals surface area contributed by atoms with Crippen molar-refractivity contribution >= 4 is 57.6 Å². The molecule has 3 aromatic rings. The van der Waals surface area contributed by atoms with Crippen molar-refractivity contribution in [1.82, 2.24) is 9.55 Å². The number of nitrogens with zero attached hydrogens (tertiary/aromatic N) is 2. The molecule has 0 saturated heterocycles. The Hall–Kier alpha value is -1.73. The molecular weight excluding hydrogens is 393 g/mol. The molecule has 0 spiro atoms. The number of fused-ring (bicyclic) bond motifs is 1. The first-order valence-electron chi connectivity index (χ1n) is 7.91. The highest BCUT2D eigenvalue weighted by Gasteiger charge is 2.14. The van der Waals surface area contributed by atoms with Crippen LogP contribution < -0.4 is 5.32 Å². The third-order valence-corrected chi connectivity index (χ3v) is 5.30. The van der Waals surface area contributed by atoms with E-state index in [1.54, 1.807) is 25.3 Å². The van der Waals surface area contributed by atoms with Gasteiger partial charge in [0.15, 0.2) is 5.16 Å². The minimum atomic E-state index is -0.199. The monoisotopic (exact) mass is 409 g/mol. The summed E-state index contributed by atoms with van der Waals surface area (Å²) < 4.78 is 7.24. The van der Waals surface area contributed by atoms with Crippen LogP contribution in [0.15, 0.2) is 47.6 Å². The molecule has 3 rings (SSSR count). The maximum atomic E-state index is 12.3. The largest absolute Gasteiger partial charge is 0.383 e. The number of hydrogen-bond donors (Lipinski definition) is 1. The summed E-state index contributed by atoms with van der Waals surface area (Å²) in [5.41, 5.74) is 2.33. The summed E-state index contributed by atoms with van der Waals surface area (Å²) in [4.78, 5) is 16.9. The van der Waals surface area contributed by atoms with Gasteiger partial charge < -0.3 is 14.6 Å². The third kappa shape index (κ3) is 4.32. The van der Waals surface area contributed by atoms with E-state index in [0.717, 1.165) is 16.2 Å². The topological polar surface area (TPSA) is 56.1 Å². The Morgan fingerprint density at radius 3 is 2.65 bits per heavy atom. The molecule has 0 aliphatic carbocycles. The molecule has 26 heavy (non-hydrogen) atoms. The fourth-order valence-electron chi connectivity index (χ4n) is 2.49. The molecule has 0 saturated carbocycles. The normalized spacial score (nSPS) is 11.0. The van der Waals surface area contributed by atoms with Crippen molar-refractivity contribution in [1.29, 1.82) is 0 Å². The van der Waals surface area contributed by atoms with Crippen LogP contribution in [0.2, 0.25) is 10.0 Å². The van der Waals surface area contributed by atoms with Gasteiger partial charge in [-0.05, 0) is 24.3 Å². The van der Waals surface area contributed by atoms with Gasteiger partial charge >= 0.3 is 0 Å². The number of carbonyl (C=O) groups excluding carboxylic acids is 1. The number of halogens is 2. The van der Waals surface area contributed by atoms with Gasteiger partial charge in [-0.25, -0.2) is 4.98 Å². The number of ether oxygens (including phenoxy) is 1. The minimum absolute atomic E-state index is 0.192. The van der Waals surface area contributed by atoms with Crippen LogP contribution in [0.3, 0.4) is 0 Å². The number of nitrogens with one attached hydrogen (secondary N) is 1. The highest BCUT2D eigenvalue weighted by atomic mass is 35.5. The van der Waals surface area contributed by atoms with Crippen LogP contribution in [0.1, 0.15) is 0 Å². The van der Waals surface area contributed by atoms with Crippen LogP contribution in [-0.2, 0) is 16.1 Å². The molecule has 1 N–H and O–H groups in total. The first kappa shape index (κ1) is 19.0. The van der Waals surface area contributed by atoms with Gasteiger partial charge in [-0.1, -0.05) is 53.2 Å². The fourth-order valence-corrected chi connectivity index (χ4v) is 3.82. The van der Waals surface area contributed by atoms with Gasteiger partial charge in [0.05, 0.1) is 39.1 Å². The molecule has 2 aromatic carbocycles. The molecular formula is C18H17Cl2N3O2S. The second-order valence-electron chi connectivity index (χ2n) is 5.46. The van der Waals surface area contributed by atoms with Gasteiger partial charge in [0.25, 0.3) is 0 Å². The Balaban J connectivity index is 1.73. The summed E-state index contributed by atoms with van der Waals surface area (Å²) in [6, 6.07) is 13.0. The molecule has 5 nitrogen and oxygen atoms in total. The lowest BCUT2D eigenvalue weighted by Crippen LogP contribution is -2.15. The number of imidazole rings is 1. The number of aromatic nitrogens is 2. The van der Waals surface area contributed by atoms with Crippen LogP contribution in [0.25, 0.3) is 11.0 Å². The lowest BCUT2D eigenvalue weighted by molar-refractivity contribution is -0.113. The van der Waals surface area contributed by atoms with Crippen LogP contribution in [0.4, 0.5) is 5.69 Å². The summed E-state index contributed by atoms with van der Waals surface area (Å²) >= 11 is 13.5. The van der Waals surface area contributed by atoms with E-state index in [2.05, 4.69) is 14.9 Å². The van der Waals surface area contributed by atoms with Gasteiger partial charge in [0.1, 0.15) is 0 Å². The van der Waals surface area contributed by atoms with Crippen molar-refractivity contribution in [3.05, 3.63) is 52.5 Å². The number of amides is 1. The van der Waals surface area contributed by atoms with Crippen molar-refractivity contribution in [2.75, 3.05) is 24.8 Å². The molecule has 136 valence electrons. The lowest BCUT2D eigenvalue weighted by atomic mass is 10.3. The molecule has 1 amide bonds. The van der Waals surface area contributed by atoms with E-state index in [0.29, 0.717) is 28.9 Å². The summed E-state index contributed by atoms with van der Waals surface area (Å²) in [6.45, 7) is 1.23. The third-order valence-electron chi connectivity index (χ3n) is 3.70. The van der Waals surface area contributed by atoms with E-state index in [4.69, 9.17) is 27.9 Å². The molecule has 0 atom stereocenters. The smallest absolute Gasteiger partial charge is 0.234 e. The zero-order valence-corrected chi connectivity index (χ0v) is 16.4. The molecule has 0 fully saturated rings. The molecule has 0 aliphatic heterocycles. The first-order valence-corrected chi connectivity index (χ1v) is 9.65. The second kappa shape index (κ2) is 8.77. The molecule has 1 aromatic heterocycles. The molecule has 0 unspecified atom stereocenters. The molecule has 0 bridgehead atoms. The molecule has 0 radical (unpaired) electrons. The van der Waals surface area contributed by atoms with Crippen molar-refractivity contribution in [3.8, 4) is 0 Å². The van der Waals surface area contributed by atoms with Crippen LogP contribution in [0, 0.1) is 0 Å². The Morgan fingerprint density at radius 2 is 1.92 bits per heavy atom. The quantitative estimate of drug-likeness (QED) is 0.573. The second-order valence-corrected chi connectivity index (χ2v) is 7.22. The van der Waals surface area contributed by atoms with Gasteiger partial charge in [0, 0.05) is 13.7 Å². The maximum Gasteiger partial charge on any atom is 0.234 e. The average molecular weight is 410 g/mol. The first-order chi connectivity index (χ1) is 12.6. The van der Waals surface area contributed by atoms with E-state index in [-0.39, 0.29) is 11.7 Å². The zero-order chi connectivity index (χ0) is 18.5. The fraction of sp³-hybridized carbons (Fsp3) is 0.222.